The Morgan fingerprint density at radius 2 is 1.97 bits per heavy atom. The lowest BCUT2D eigenvalue weighted by Gasteiger charge is -2.53. The lowest BCUT2D eigenvalue weighted by Crippen LogP contribution is -2.60. The molecule has 0 radical (unpaired) electrons. The Balaban J connectivity index is 1.45. The first kappa shape index (κ1) is 20.8. The molecule has 2 N–H and O–H groups in total. The fourth-order valence-corrected chi connectivity index (χ4v) is 7.48. The Morgan fingerprint density at radius 1 is 1.24 bits per heavy atom. The van der Waals surface area contributed by atoms with E-state index in [-0.39, 0.29) is 33.8 Å². The molecule has 0 unspecified atom stereocenters. The zero-order valence-electron chi connectivity index (χ0n) is 17.5. The van der Waals surface area contributed by atoms with Crippen molar-refractivity contribution in [2.75, 3.05) is 13.2 Å². The van der Waals surface area contributed by atoms with Gasteiger partial charge in [-0.15, -0.1) is 0 Å². The molecule has 5 atom stereocenters. The van der Waals surface area contributed by atoms with E-state index in [1.165, 1.54) is 0 Å². The molecule has 0 aromatic heterocycles. The minimum Gasteiger partial charge on any atom is -0.378 e. The smallest absolute Gasteiger partial charge is 0.240 e. The number of ether oxygens (including phenoxy) is 1. The average Bonchev–Trinajstić information content (AvgIpc) is 3.16. The standard InChI is InChI=1S/C22H32N2O4S/c1-15(25)24-20-21(2,3)16-13-18-19(28-12-10-22(18,20)14-16)9-11-23-29(26,27)17-7-5-4-6-8-17/h4-8,16,18-20,23H,9-14H2,1-3H3,(H,24,25)/t16-,18-,19-,20-,22-/m1/s1. The van der Waals surface area contributed by atoms with E-state index in [2.05, 4.69) is 23.9 Å². The van der Waals surface area contributed by atoms with Gasteiger partial charge < -0.3 is 10.1 Å². The van der Waals surface area contributed by atoms with Crippen LogP contribution in [-0.2, 0) is 19.6 Å². The van der Waals surface area contributed by atoms with E-state index in [0.717, 1.165) is 19.3 Å². The lowest BCUT2D eigenvalue weighted by molar-refractivity contribution is -0.135. The number of nitrogens with one attached hydrogen (secondary N) is 2. The van der Waals surface area contributed by atoms with Crippen molar-refractivity contribution in [2.24, 2.45) is 22.7 Å². The molecule has 2 aliphatic carbocycles. The van der Waals surface area contributed by atoms with Crippen molar-refractivity contribution in [3.63, 3.8) is 0 Å². The third-order valence-electron chi connectivity index (χ3n) is 7.74. The molecule has 29 heavy (non-hydrogen) atoms. The second-order valence-electron chi connectivity index (χ2n) is 9.59. The maximum absolute atomic E-state index is 12.5. The molecule has 1 heterocycles. The maximum Gasteiger partial charge on any atom is 0.240 e. The van der Waals surface area contributed by atoms with Crippen molar-refractivity contribution >= 4 is 15.9 Å². The van der Waals surface area contributed by atoms with Gasteiger partial charge in [0.25, 0.3) is 0 Å². The molecule has 1 saturated heterocycles. The van der Waals surface area contributed by atoms with Gasteiger partial charge >= 0.3 is 0 Å². The predicted molar refractivity (Wildman–Crippen MR) is 111 cm³/mol. The lowest BCUT2D eigenvalue weighted by atomic mass is 9.59. The Labute approximate surface area is 173 Å². The van der Waals surface area contributed by atoms with Crippen LogP contribution in [0.4, 0.5) is 0 Å². The second-order valence-corrected chi connectivity index (χ2v) is 11.4. The Kier molecular flexibility index (Phi) is 5.28. The molecule has 160 valence electrons. The average molecular weight is 421 g/mol. The van der Waals surface area contributed by atoms with E-state index in [1.807, 2.05) is 0 Å². The van der Waals surface area contributed by atoms with Gasteiger partial charge in [0, 0.05) is 26.1 Å². The summed E-state index contributed by atoms with van der Waals surface area (Å²) in [5.41, 5.74) is 0.153. The molecule has 3 aliphatic rings. The zero-order valence-corrected chi connectivity index (χ0v) is 18.3. The van der Waals surface area contributed by atoms with Crippen LogP contribution < -0.4 is 10.0 Å². The highest BCUT2D eigenvalue weighted by Crippen LogP contribution is 2.68. The molecule has 7 heteroatoms. The summed E-state index contributed by atoms with van der Waals surface area (Å²) in [6.07, 6.45) is 3.87. The number of sulfonamides is 1. The van der Waals surface area contributed by atoms with Gasteiger partial charge in [-0.2, -0.15) is 0 Å². The van der Waals surface area contributed by atoms with E-state index in [4.69, 9.17) is 4.74 Å². The number of carbonyl (C=O) groups excluding carboxylic acids is 1. The largest absolute Gasteiger partial charge is 0.378 e. The molecule has 1 amide bonds. The third kappa shape index (κ3) is 3.51. The van der Waals surface area contributed by atoms with Gasteiger partial charge in [0.1, 0.15) is 0 Å². The fraction of sp³-hybridized carbons (Fsp3) is 0.682. The molecule has 3 fully saturated rings. The van der Waals surface area contributed by atoms with E-state index in [9.17, 15) is 13.2 Å². The number of amides is 1. The topological polar surface area (TPSA) is 84.5 Å². The van der Waals surface area contributed by atoms with Gasteiger partial charge in [-0.05, 0) is 60.5 Å². The molecular formula is C22H32N2O4S. The van der Waals surface area contributed by atoms with Gasteiger partial charge in [-0.25, -0.2) is 13.1 Å². The predicted octanol–water partition coefficient (Wildman–Crippen LogP) is 2.70. The Bertz CT molecular complexity index is 870. The highest BCUT2D eigenvalue weighted by atomic mass is 32.2. The first-order valence-electron chi connectivity index (χ1n) is 10.6. The SMILES string of the molecule is CC(=O)N[C@@H]1C(C)(C)[C@@H]2C[C@@H]3[C@@H](CCNS(=O)(=O)c4ccccc4)OCC[C@@]31C2. The first-order chi connectivity index (χ1) is 13.7. The number of fused-ring (bicyclic) bond motifs is 1. The van der Waals surface area contributed by atoms with Crippen LogP contribution in [0.2, 0.25) is 0 Å². The van der Waals surface area contributed by atoms with Crippen LogP contribution in [0.1, 0.15) is 46.5 Å². The molecule has 4 rings (SSSR count). The molecule has 2 bridgehead atoms. The summed E-state index contributed by atoms with van der Waals surface area (Å²) in [4.78, 5) is 12.2. The van der Waals surface area contributed by atoms with E-state index in [0.29, 0.717) is 31.4 Å². The molecule has 1 aromatic carbocycles. The van der Waals surface area contributed by atoms with Crippen LogP contribution in [0.3, 0.4) is 0 Å². The van der Waals surface area contributed by atoms with Crippen LogP contribution in [0.15, 0.2) is 35.2 Å². The van der Waals surface area contributed by atoms with Crippen molar-refractivity contribution in [1.29, 1.82) is 0 Å². The molecule has 1 aliphatic heterocycles. The number of hydrogen-bond acceptors (Lipinski definition) is 4. The fourth-order valence-electron chi connectivity index (χ4n) is 6.42. The number of rotatable bonds is 6. The highest BCUT2D eigenvalue weighted by molar-refractivity contribution is 7.89. The second kappa shape index (κ2) is 7.36. The third-order valence-corrected chi connectivity index (χ3v) is 9.22. The summed E-state index contributed by atoms with van der Waals surface area (Å²) in [6, 6.07) is 8.61. The van der Waals surface area contributed by atoms with E-state index in [1.54, 1.807) is 37.3 Å². The molecular weight excluding hydrogens is 388 g/mol. The molecule has 1 aromatic rings. The molecule has 2 saturated carbocycles. The van der Waals surface area contributed by atoms with Crippen molar-refractivity contribution < 1.29 is 17.9 Å². The monoisotopic (exact) mass is 420 g/mol. The zero-order chi connectivity index (χ0) is 20.9. The van der Waals surface area contributed by atoms with Crippen molar-refractivity contribution in [2.45, 2.75) is 63.5 Å². The van der Waals surface area contributed by atoms with Crippen molar-refractivity contribution in [3.8, 4) is 0 Å². The number of hydrogen-bond donors (Lipinski definition) is 2. The Morgan fingerprint density at radius 3 is 2.66 bits per heavy atom. The Hall–Kier alpha value is -1.44. The summed E-state index contributed by atoms with van der Waals surface area (Å²) in [5.74, 6) is 0.962. The summed E-state index contributed by atoms with van der Waals surface area (Å²) in [6.45, 7) is 7.19. The summed E-state index contributed by atoms with van der Waals surface area (Å²) in [7, 11) is -3.50. The first-order valence-corrected chi connectivity index (χ1v) is 12.1. The van der Waals surface area contributed by atoms with Gasteiger partial charge in [0.05, 0.1) is 11.0 Å². The minimum absolute atomic E-state index is 0.0274. The maximum atomic E-state index is 12.5. The number of benzene rings is 1. The van der Waals surface area contributed by atoms with E-state index < -0.39 is 10.0 Å². The normalized spacial score (nSPS) is 35.3. The van der Waals surface area contributed by atoms with Gasteiger partial charge in [-0.3, -0.25) is 4.79 Å². The van der Waals surface area contributed by atoms with Crippen LogP contribution >= 0.6 is 0 Å². The molecule has 6 nitrogen and oxygen atoms in total. The summed E-state index contributed by atoms with van der Waals surface area (Å²) < 4.78 is 33.8. The minimum atomic E-state index is -3.50. The molecule has 1 spiro atoms. The van der Waals surface area contributed by atoms with Crippen LogP contribution in [0.5, 0.6) is 0 Å². The highest BCUT2D eigenvalue weighted by Gasteiger charge is 2.68. The van der Waals surface area contributed by atoms with Crippen LogP contribution in [0, 0.1) is 22.7 Å². The number of carbonyl (C=O) groups is 1. The van der Waals surface area contributed by atoms with Gasteiger partial charge in [-0.1, -0.05) is 32.0 Å². The van der Waals surface area contributed by atoms with Gasteiger partial charge in [0.2, 0.25) is 15.9 Å². The van der Waals surface area contributed by atoms with Crippen LogP contribution in [-0.4, -0.2) is 39.6 Å². The van der Waals surface area contributed by atoms with Crippen molar-refractivity contribution in [1.82, 2.24) is 10.0 Å². The van der Waals surface area contributed by atoms with Gasteiger partial charge in [0.15, 0.2) is 0 Å². The summed E-state index contributed by atoms with van der Waals surface area (Å²) in [5, 5.41) is 3.27. The summed E-state index contributed by atoms with van der Waals surface area (Å²) >= 11 is 0. The van der Waals surface area contributed by atoms with Crippen LogP contribution in [0.25, 0.3) is 0 Å². The van der Waals surface area contributed by atoms with Crippen molar-refractivity contribution in [3.05, 3.63) is 30.3 Å². The quantitative estimate of drug-likeness (QED) is 0.741. The van der Waals surface area contributed by atoms with E-state index >= 15 is 0 Å².